The quantitative estimate of drug-likeness (QED) is 0.827. The Morgan fingerprint density at radius 1 is 1.30 bits per heavy atom. The highest BCUT2D eigenvalue weighted by Gasteiger charge is 2.12. The van der Waals surface area contributed by atoms with Gasteiger partial charge in [-0.25, -0.2) is 4.39 Å². The zero-order valence-corrected chi connectivity index (χ0v) is 11.7. The molecule has 0 aliphatic heterocycles. The van der Waals surface area contributed by atoms with Crippen molar-refractivity contribution in [2.45, 2.75) is 13.3 Å². The smallest absolute Gasteiger partial charge is 0.226 e. The van der Waals surface area contributed by atoms with E-state index < -0.39 is 5.82 Å². The van der Waals surface area contributed by atoms with E-state index in [-0.39, 0.29) is 30.5 Å². The summed E-state index contributed by atoms with van der Waals surface area (Å²) in [6.07, 6.45) is 0.109. The minimum absolute atomic E-state index is 0.109. The molecule has 0 unspecified atom stereocenters. The molecule has 0 atom stereocenters. The van der Waals surface area contributed by atoms with Crippen molar-refractivity contribution in [2.75, 3.05) is 32.1 Å². The summed E-state index contributed by atoms with van der Waals surface area (Å²) in [5.41, 5.74) is 0.142. The van der Waals surface area contributed by atoms with E-state index in [1.807, 2.05) is 0 Å². The Morgan fingerprint density at radius 3 is 2.60 bits per heavy atom. The molecule has 110 valence electrons. The Bertz CT molecular complexity index is 465. The first-order valence-corrected chi connectivity index (χ1v) is 6.33. The number of benzene rings is 1. The lowest BCUT2D eigenvalue weighted by Gasteiger charge is -2.20. The molecule has 0 bridgehead atoms. The van der Waals surface area contributed by atoms with Gasteiger partial charge in [-0.15, -0.1) is 0 Å². The number of amides is 2. The van der Waals surface area contributed by atoms with Gasteiger partial charge < -0.3 is 15.0 Å². The summed E-state index contributed by atoms with van der Waals surface area (Å²) in [7, 11) is 1.54. The molecule has 0 heterocycles. The van der Waals surface area contributed by atoms with Crippen LogP contribution in [0.25, 0.3) is 0 Å². The first kappa shape index (κ1) is 16.1. The largest absolute Gasteiger partial charge is 0.383 e. The third kappa shape index (κ3) is 5.36. The van der Waals surface area contributed by atoms with Gasteiger partial charge in [0.05, 0.1) is 12.3 Å². The van der Waals surface area contributed by atoms with Crippen LogP contribution in [0.15, 0.2) is 24.3 Å². The minimum atomic E-state index is -0.483. The van der Waals surface area contributed by atoms with Crippen LogP contribution in [0.3, 0.4) is 0 Å². The number of carbonyl (C=O) groups excluding carboxylic acids is 2. The van der Waals surface area contributed by atoms with Crippen molar-refractivity contribution in [3.8, 4) is 0 Å². The molecule has 2 amide bonds. The van der Waals surface area contributed by atoms with Gasteiger partial charge in [0.15, 0.2) is 0 Å². The lowest BCUT2D eigenvalue weighted by atomic mass is 10.3. The van der Waals surface area contributed by atoms with Crippen molar-refractivity contribution in [1.29, 1.82) is 0 Å². The molecule has 0 saturated carbocycles. The van der Waals surface area contributed by atoms with E-state index in [4.69, 9.17) is 4.74 Å². The summed E-state index contributed by atoms with van der Waals surface area (Å²) >= 11 is 0. The molecule has 0 spiro atoms. The normalized spacial score (nSPS) is 10.2. The highest BCUT2D eigenvalue weighted by Crippen LogP contribution is 2.12. The SMILES string of the molecule is COCCN(CCC(=O)Nc1ccccc1F)C(C)=O. The molecule has 6 heteroatoms. The third-order valence-corrected chi connectivity index (χ3v) is 2.77. The number of ether oxygens (including phenoxy) is 1. The summed E-state index contributed by atoms with van der Waals surface area (Å²) in [4.78, 5) is 24.6. The summed E-state index contributed by atoms with van der Waals surface area (Å²) in [6, 6.07) is 5.95. The fraction of sp³-hybridized carbons (Fsp3) is 0.429. The van der Waals surface area contributed by atoms with Gasteiger partial charge in [0.25, 0.3) is 0 Å². The van der Waals surface area contributed by atoms with Crippen LogP contribution in [0, 0.1) is 5.82 Å². The van der Waals surface area contributed by atoms with Gasteiger partial charge >= 0.3 is 0 Å². The molecule has 0 aromatic heterocycles. The van der Waals surface area contributed by atoms with E-state index in [1.165, 1.54) is 24.0 Å². The Balaban J connectivity index is 2.45. The zero-order valence-electron chi connectivity index (χ0n) is 11.7. The monoisotopic (exact) mass is 282 g/mol. The Kier molecular flexibility index (Phi) is 6.66. The molecule has 5 nitrogen and oxygen atoms in total. The molecule has 0 radical (unpaired) electrons. The number of hydrogen-bond acceptors (Lipinski definition) is 3. The number of carbonyl (C=O) groups is 2. The second-order valence-electron chi connectivity index (χ2n) is 4.28. The summed E-state index contributed by atoms with van der Waals surface area (Å²) < 4.78 is 18.2. The van der Waals surface area contributed by atoms with Crippen molar-refractivity contribution < 1.29 is 18.7 Å². The van der Waals surface area contributed by atoms with Crippen molar-refractivity contribution >= 4 is 17.5 Å². The number of para-hydroxylation sites is 1. The van der Waals surface area contributed by atoms with Gasteiger partial charge in [-0.3, -0.25) is 9.59 Å². The number of halogens is 1. The highest BCUT2D eigenvalue weighted by atomic mass is 19.1. The fourth-order valence-electron chi connectivity index (χ4n) is 1.64. The standard InChI is InChI=1S/C14H19FN2O3/c1-11(18)17(9-10-20-2)8-7-14(19)16-13-6-4-3-5-12(13)15/h3-6H,7-10H2,1-2H3,(H,16,19). The van der Waals surface area contributed by atoms with Crippen LogP contribution in [0.4, 0.5) is 10.1 Å². The third-order valence-electron chi connectivity index (χ3n) is 2.77. The van der Waals surface area contributed by atoms with Crippen LogP contribution in [0.5, 0.6) is 0 Å². The predicted molar refractivity (Wildman–Crippen MR) is 73.8 cm³/mol. The highest BCUT2D eigenvalue weighted by molar-refractivity contribution is 5.91. The van der Waals surface area contributed by atoms with Crippen molar-refractivity contribution in [3.05, 3.63) is 30.1 Å². The van der Waals surface area contributed by atoms with Crippen LogP contribution in [-0.4, -0.2) is 43.5 Å². The van der Waals surface area contributed by atoms with Crippen LogP contribution < -0.4 is 5.32 Å². The molecular formula is C14H19FN2O3. The van der Waals surface area contributed by atoms with Crippen molar-refractivity contribution in [3.63, 3.8) is 0 Å². The summed E-state index contributed by atoms with van der Waals surface area (Å²) in [5.74, 6) is -0.942. The van der Waals surface area contributed by atoms with E-state index >= 15 is 0 Å². The second-order valence-corrected chi connectivity index (χ2v) is 4.28. The summed E-state index contributed by atoms with van der Waals surface area (Å²) in [6.45, 7) is 2.55. The van der Waals surface area contributed by atoms with Crippen molar-refractivity contribution in [2.24, 2.45) is 0 Å². The van der Waals surface area contributed by atoms with E-state index in [1.54, 1.807) is 19.2 Å². The molecule has 1 aromatic rings. The van der Waals surface area contributed by atoms with E-state index in [0.717, 1.165) is 0 Å². The molecule has 1 rings (SSSR count). The average Bonchev–Trinajstić information content (AvgIpc) is 2.41. The lowest BCUT2D eigenvalue weighted by Crippen LogP contribution is -2.34. The molecule has 0 fully saturated rings. The molecule has 0 aliphatic carbocycles. The number of hydrogen-bond donors (Lipinski definition) is 1. The molecule has 0 aliphatic rings. The Labute approximate surface area is 117 Å². The maximum atomic E-state index is 13.3. The summed E-state index contributed by atoms with van der Waals surface area (Å²) in [5, 5.41) is 2.48. The van der Waals surface area contributed by atoms with E-state index in [9.17, 15) is 14.0 Å². The zero-order chi connectivity index (χ0) is 15.0. The van der Waals surface area contributed by atoms with Gasteiger partial charge in [-0.2, -0.15) is 0 Å². The van der Waals surface area contributed by atoms with E-state index in [2.05, 4.69) is 5.32 Å². The van der Waals surface area contributed by atoms with Crippen LogP contribution in [0.1, 0.15) is 13.3 Å². The topological polar surface area (TPSA) is 58.6 Å². The van der Waals surface area contributed by atoms with Crippen LogP contribution in [-0.2, 0) is 14.3 Å². The molecule has 0 saturated heterocycles. The van der Waals surface area contributed by atoms with Gasteiger partial charge in [0, 0.05) is 33.5 Å². The number of anilines is 1. The number of rotatable bonds is 7. The van der Waals surface area contributed by atoms with Gasteiger partial charge in [-0.05, 0) is 12.1 Å². The Hall–Kier alpha value is -1.95. The number of methoxy groups -OCH3 is 1. The van der Waals surface area contributed by atoms with Crippen LogP contribution >= 0.6 is 0 Å². The molecular weight excluding hydrogens is 263 g/mol. The maximum Gasteiger partial charge on any atom is 0.226 e. The molecule has 1 N–H and O–H groups in total. The van der Waals surface area contributed by atoms with Gasteiger partial charge in [0.1, 0.15) is 5.82 Å². The van der Waals surface area contributed by atoms with Gasteiger partial charge in [-0.1, -0.05) is 12.1 Å². The Morgan fingerprint density at radius 2 is 2.00 bits per heavy atom. The van der Waals surface area contributed by atoms with Crippen molar-refractivity contribution in [1.82, 2.24) is 4.90 Å². The van der Waals surface area contributed by atoms with E-state index in [0.29, 0.717) is 13.2 Å². The average molecular weight is 282 g/mol. The molecule has 20 heavy (non-hydrogen) atoms. The molecule has 1 aromatic carbocycles. The fourth-order valence-corrected chi connectivity index (χ4v) is 1.64. The maximum absolute atomic E-state index is 13.3. The minimum Gasteiger partial charge on any atom is -0.383 e. The predicted octanol–water partition coefficient (Wildman–Crippen LogP) is 1.65. The first-order valence-electron chi connectivity index (χ1n) is 6.33. The van der Waals surface area contributed by atoms with Gasteiger partial charge in [0.2, 0.25) is 11.8 Å². The van der Waals surface area contributed by atoms with Crippen LogP contribution in [0.2, 0.25) is 0 Å². The second kappa shape index (κ2) is 8.27. The number of nitrogens with one attached hydrogen (secondary N) is 1. The lowest BCUT2D eigenvalue weighted by molar-refractivity contribution is -0.130. The number of nitrogens with zero attached hydrogens (tertiary/aromatic N) is 1. The first-order chi connectivity index (χ1) is 9.54.